The molecule has 0 spiro atoms. The molecule has 0 saturated heterocycles. The molecule has 1 aromatic carbocycles. The van der Waals surface area contributed by atoms with Crippen LogP contribution in [0.4, 0.5) is 0 Å². The number of hydrogen-bond acceptors (Lipinski definition) is 5. The molecule has 0 saturated carbocycles. The van der Waals surface area contributed by atoms with Gasteiger partial charge >= 0.3 is 5.97 Å². The summed E-state index contributed by atoms with van der Waals surface area (Å²) in [4.78, 5) is 11.4. The van der Waals surface area contributed by atoms with E-state index in [1.54, 1.807) is 6.92 Å². The van der Waals surface area contributed by atoms with E-state index in [0.29, 0.717) is 31.3 Å². The lowest BCUT2D eigenvalue weighted by atomic mass is 10.0. The second-order valence-corrected chi connectivity index (χ2v) is 3.99. The molecule has 0 unspecified atom stereocenters. The lowest BCUT2D eigenvalue weighted by molar-refractivity contribution is -0.143. The van der Waals surface area contributed by atoms with Gasteiger partial charge in [-0.25, -0.2) is 0 Å². The molecule has 2 N–H and O–H groups in total. The molecule has 0 fully saturated rings. The molecule has 0 radical (unpaired) electrons. The van der Waals surface area contributed by atoms with Crippen LogP contribution >= 0.6 is 12.4 Å². The van der Waals surface area contributed by atoms with Crippen molar-refractivity contribution < 1.29 is 19.0 Å². The summed E-state index contributed by atoms with van der Waals surface area (Å²) in [5.74, 6) is 1.01. The van der Waals surface area contributed by atoms with E-state index in [4.69, 9.17) is 19.9 Å². The Bertz CT molecular complexity index is 439. The molecule has 0 aliphatic carbocycles. The maximum atomic E-state index is 11.4. The van der Waals surface area contributed by atoms with Gasteiger partial charge in [-0.1, -0.05) is 12.1 Å². The van der Waals surface area contributed by atoms with Crippen molar-refractivity contribution in [2.24, 2.45) is 5.73 Å². The molecule has 6 heteroatoms. The lowest BCUT2D eigenvalue weighted by Crippen LogP contribution is -2.21. The number of rotatable bonds is 4. The minimum absolute atomic E-state index is 0. The number of carbonyl (C=O) groups excluding carboxylic acids is 1. The minimum Gasteiger partial charge on any atom is -0.486 e. The summed E-state index contributed by atoms with van der Waals surface area (Å²) in [6.45, 7) is 3.16. The van der Waals surface area contributed by atoms with Crippen LogP contribution in [-0.4, -0.2) is 25.8 Å². The standard InChI is InChI=1S/C13H17NO4.ClH/c1-2-16-12(15)8-10(14)9-4-3-5-11-13(9)18-7-6-17-11;/h3-5,10H,2,6-8,14H2,1H3;1H/t10-;/m1./s1. The molecule has 0 amide bonds. The highest BCUT2D eigenvalue weighted by Gasteiger charge is 2.21. The molecule has 2 rings (SSSR count). The van der Waals surface area contributed by atoms with Crippen LogP contribution in [0.3, 0.4) is 0 Å². The Labute approximate surface area is 118 Å². The molecule has 1 aliphatic heterocycles. The van der Waals surface area contributed by atoms with Crippen molar-refractivity contribution in [3.05, 3.63) is 23.8 Å². The third-order valence-electron chi connectivity index (χ3n) is 2.69. The predicted octanol–water partition coefficient (Wildman–Crippen LogP) is 1.83. The zero-order valence-corrected chi connectivity index (χ0v) is 11.6. The van der Waals surface area contributed by atoms with Gasteiger partial charge in [-0.15, -0.1) is 12.4 Å². The van der Waals surface area contributed by atoms with E-state index in [1.807, 2.05) is 18.2 Å². The van der Waals surface area contributed by atoms with Gasteiger partial charge in [-0.2, -0.15) is 0 Å². The second kappa shape index (κ2) is 7.21. The minimum atomic E-state index is -0.444. The van der Waals surface area contributed by atoms with Crippen molar-refractivity contribution in [1.29, 1.82) is 0 Å². The van der Waals surface area contributed by atoms with Crippen molar-refractivity contribution in [2.75, 3.05) is 19.8 Å². The number of ether oxygens (including phenoxy) is 3. The first-order valence-electron chi connectivity index (χ1n) is 6.02. The molecule has 5 nitrogen and oxygen atoms in total. The molecular weight excluding hydrogens is 270 g/mol. The maximum absolute atomic E-state index is 11.4. The molecule has 1 heterocycles. The molecule has 1 aliphatic rings. The van der Waals surface area contributed by atoms with E-state index < -0.39 is 6.04 Å². The number of carbonyl (C=O) groups is 1. The van der Waals surface area contributed by atoms with Gasteiger partial charge in [-0.05, 0) is 13.0 Å². The van der Waals surface area contributed by atoms with Crippen LogP contribution in [0.1, 0.15) is 24.9 Å². The Balaban J connectivity index is 0.00000180. The second-order valence-electron chi connectivity index (χ2n) is 3.99. The van der Waals surface area contributed by atoms with E-state index in [1.165, 1.54) is 0 Å². The molecule has 1 atom stereocenters. The third kappa shape index (κ3) is 3.75. The van der Waals surface area contributed by atoms with Crippen LogP contribution in [-0.2, 0) is 9.53 Å². The van der Waals surface area contributed by atoms with Gasteiger partial charge in [0.2, 0.25) is 0 Å². The van der Waals surface area contributed by atoms with E-state index in [-0.39, 0.29) is 24.8 Å². The van der Waals surface area contributed by atoms with Crippen molar-refractivity contribution >= 4 is 18.4 Å². The number of hydrogen-bond donors (Lipinski definition) is 1. The zero-order chi connectivity index (χ0) is 13.0. The molecule has 106 valence electrons. The Morgan fingerprint density at radius 3 is 2.89 bits per heavy atom. The summed E-state index contributed by atoms with van der Waals surface area (Å²) in [5.41, 5.74) is 6.79. The molecule has 0 aromatic heterocycles. The van der Waals surface area contributed by atoms with Crippen LogP contribution in [0.15, 0.2) is 18.2 Å². The summed E-state index contributed by atoms with van der Waals surface area (Å²) in [6, 6.07) is 5.07. The lowest BCUT2D eigenvalue weighted by Gasteiger charge is -2.23. The van der Waals surface area contributed by atoms with Gasteiger partial charge in [0.05, 0.1) is 13.0 Å². The first-order valence-corrected chi connectivity index (χ1v) is 6.02. The normalized spacial score (nSPS) is 14.2. The summed E-state index contributed by atoms with van der Waals surface area (Å²) >= 11 is 0. The maximum Gasteiger partial charge on any atom is 0.307 e. The Morgan fingerprint density at radius 1 is 1.42 bits per heavy atom. The first kappa shape index (κ1) is 15.6. The highest BCUT2D eigenvalue weighted by Crippen LogP contribution is 2.37. The van der Waals surface area contributed by atoms with Crippen LogP contribution in [0.2, 0.25) is 0 Å². The monoisotopic (exact) mass is 287 g/mol. The highest BCUT2D eigenvalue weighted by molar-refractivity contribution is 5.85. The van der Waals surface area contributed by atoms with Crippen molar-refractivity contribution in [3.63, 3.8) is 0 Å². The van der Waals surface area contributed by atoms with Crippen molar-refractivity contribution in [2.45, 2.75) is 19.4 Å². The quantitative estimate of drug-likeness (QED) is 0.856. The average molecular weight is 288 g/mol. The fourth-order valence-corrected chi connectivity index (χ4v) is 1.90. The van der Waals surface area contributed by atoms with Crippen molar-refractivity contribution in [1.82, 2.24) is 0 Å². The van der Waals surface area contributed by atoms with Gasteiger partial charge in [-0.3, -0.25) is 4.79 Å². The summed E-state index contributed by atoms with van der Waals surface area (Å²) in [6.07, 6.45) is 0.133. The number of esters is 1. The molecular formula is C13H18ClNO4. The SMILES string of the molecule is CCOC(=O)C[C@@H](N)c1cccc2c1OCCO2.Cl. The number of halogens is 1. The first-order chi connectivity index (χ1) is 8.72. The Hall–Kier alpha value is -1.46. The van der Waals surface area contributed by atoms with Crippen LogP contribution in [0.5, 0.6) is 11.5 Å². The van der Waals surface area contributed by atoms with Crippen molar-refractivity contribution in [3.8, 4) is 11.5 Å². The zero-order valence-electron chi connectivity index (χ0n) is 10.8. The van der Waals surface area contributed by atoms with E-state index in [2.05, 4.69) is 0 Å². The molecule has 0 bridgehead atoms. The van der Waals surface area contributed by atoms with E-state index in [0.717, 1.165) is 5.56 Å². The fraction of sp³-hybridized carbons (Fsp3) is 0.462. The summed E-state index contributed by atoms with van der Waals surface area (Å²) < 4.78 is 15.9. The van der Waals surface area contributed by atoms with Crippen LogP contribution in [0.25, 0.3) is 0 Å². The number of nitrogens with two attached hydrogens (primary N) is 1. The number of fused-ring (bicyclic) bond motifs is 1. The Morgan fingerprint density at radius 2 is 2.16 bits per heavy atom. The van der Waals surface area contributed by atoms with Crippen LogP contribution in [0, 0.1) is 0 Å². The van der Waals surface area contributed by atoms with E-state index >= 15 is 0 Å². The Kier molecular flexibility index (Phi) is 5.92. The summed E-state index contributed by atoms with van der Waals surface area (Å²) in [7, 11) is 0. The molecule has 19 heavy (non-hydrogen) atoms. The number of benzene rings is 1. The average Bonchev–Trinajstić information content (AvgIpc) is 2.38. The van der Waals surface area contributed by atoms with Gasteiger partial charge in [0.15, 0.2) is 11.5 Å². The van der Waals surface area contributed by atoms with E-state index in [9.17, 15) is 4.79 Å². The van der Waals surface area contributed by atoms with Gasteiger partial charge < -0.3 is 19.9 Å². The summed E-state index contributed by atoms with van der Waals surface area (Å²) in [5, 5.41) is 0. The smallest absolute Gasteiger partial charge is 0.307 e. The topological polar surface area (TPSA) is 70.8 Å². The fourth-order valence-electron chi connectivity index (χ4n) is 1.90. The van der Waals surface area contributed by atoms with Crippen LogP contribution < -0.4 is 15.2 Å². The van der Waals surface area contributed by atoms with Gasteiger partial charge in [0, 0.05) is 11.6 Å². The highest BCUT2D eigenvalue weighted by atomic mass is 35.5. The molecule has 1 aromatic rings. The third-order valence-corrected chi connectivity index (χ3v) is 2.69. The largest absolute Gasteiger partial charge is 0.486 e. The number of para-hydroxylation sites is 1. The van der Waals surface area contributed by atoms with Gasteiger partial charge in [0.1, 0.15) is 13.2 Å². The van der Waals surface area contributed by atoms with Gasteiger partial charge in [0.25, 0.3) is 0 Å². The predicted molar refractivity (Wildman–Crippen MR) is 72.9 cm³/mol.